The van der Waals surface area contributed by atoms with Gasteiger partial charge in [0.2, 0.25) is 0 Å². The van der Waals surface area contributed by atoms with Gasteiger partial charge in [-0.05, 0) is 32.1 Å². The third kappa shape index (κ3) is 4.98. The smallest absolute Gasteiger partial charge is 0.294 e. The molecule has 0 aliphatic heterocycles. The Morgan fingerprint density at radius 3 is 2.18 bits per heavy atom. The van der Waals surface area contributed by atoms with Crippen LogP contribution in [0.3, 0.4) is 0 Å². The van der Waals surface area contributed by atoms with Crippen molar-refractivity contribution in [2.24, 2.45) is 0 Å². The Balaban J connectivity index is 1.36. The van der Waals surface area contributed by atoms with Crippen LogP contribution < -0.4 is 10.9 Å². The molecule has 2 fully saturated rings. The highest BCUT2D eigenvalue weighted by molar-refractivity contribution is 7.91. The number of nitrogens with one attached hydrogen (secondary N) is 1. The van der Waals surface area contributed by atoms with E-state index in [4.69, 9.17) is 4.98 Å². The Kier molecular flexibility index (Phi) is 6.53. The molecule has 0 spiro atoms. The predicted octanol–water partition coefficient (Wildman–Crippen LogP) is 3.00. The number of hydrogen-bond donors (Lipinski definition) is 1. The van der Waals surface area contributed by atoms with Gasteiger partial charge in [0.25, 0.3) is 5.56 Å². The van der Waals surface area contributed by atoms with Gasteiger partial charge in [-0.25, -0.2) is 43.3 Å². The molecule has 0 saturated heterocycles. The van der Waals surface area contributed by atoms with Gasteiger partial charge in [-0.3, -0.25) is 9.36 Å². The first-order valence-electron chi connectivity index (χ1n) is 13.3. The maximum absolute atomic E-state index is 13.5. The predicted molar refractivity (Wildman–Crippen MR) is 144 cm³/mol. The van der Waals surface area contributed by atoms with Crippen molar-refractivity contribution in [1.82, 2.24) is 39.5 Å². The number of hydrogen-bond acceptors (Lipinski definition) is 11. The van der Waals surface area contributed by atoms with Crippen LogP contribution in [0.4, 0.5) is 5.82 Å². The van der Waals surface area contributed by atoms with E-state index < -0.39 is 9.84 Å². The van der Waals surface area contributed by atoms with E-state index in [9.17, 15) is 13.2 Å². The molecule has 12 nitrogen and oxygen atoms in total. The second-order valence-corrected chi connectivity index (χ2v) is 12.3. The summed E-state index contributed by atoms with van der Waals surface area (Å²) in [5, 5.41) is 3.01. The van der Waals surface area contributed by atoms with Gasteiger partial charge in [0.15, 0.2) is 27.1 Å². The molecule has 39 heavy (non-hydrogen) atoms. The second-order valence-electron chi connectivity index (χ2n) is 9.98. The molecular formula is C26H29N9O3S. The maximum Gasteiger partial charge on any atom is 0.294 e. The second kappa shape index (κ2) is 10.0. The molecule has 6 rings (SSSR count). The first kappa shape index (κ1) is 25.4. The molecule has 0 aromatic carbocycles. The molecule has 0 amide bonds. The lowest BCUT2D eigenvalue weighted by Gasteiger charge is -2.14. The highest BCUT2D eigenvalue weighted by atomic mass is 32.2. The molecule has 202 valence electrons. The molecule has 4 heterocycles. The van der Waals surface area contributed by atoms with Crippen LogP contribution in [0.15, 0.2) is 34.6 Å². The van der Waals surface area contributed by atoms with Gasteiger partial charge >= 0.3 is 0 Å². The SMILES string of the molecule is CCCn1c(=O)c(NCc2ncc(S(=O)(=O)CC)cn2)nc2cnc(-c3c(C4CC4)ncnc3C3CC3)nc21. The monoisotopic (exact) mass is 547 g/mol. The Morgan fingerprint density at radius 2 is 1.59 bits per heavy atom. The summed E-state index contributed by atoms with van der Waals surface area (Å²) in [5.74, 6) is 1.78. The van der Waals surface area contributed by atoms with E-state index >= 15 is 0 Å². The van der Waals surface area contributed by atoms with E-state index in [2.05, 4.69) is 35.2 Å². The lowest BCUT2D eigenvalue weighted by molar-refractivity contribution is 0.596. The van der Waals surface area contributed by atoms with Gasteiger partial charge < -0.3 is 5.32 Å². The molecule has 0 bridgehead atoms. The minimum absolute atomic E-state index is 0.0309. The normalized spacial score (nSPS) is 15.5. The van der Waals surface area contributed by atoms with E-state index in [-0.39, 0.29) is 28.6 Å². The molecule has 0 atom stereocenters. The van der Waals surface area contributed by atoms with Crippen molar-refractivity contribution in [2.45, 2.75) is 75.8 Å². The highest BCUT2D eigenvalue weighted by Gasteiger charge is 2.35. The molecule has 2 aliphatic rings. The van der Waals surface area contributed by atoms with E-state index in [1.54, 1.807) is 24.0 Å². The van der Waals surface area contributed by atoms with Crippen molar-refractivity contribution in [1.29, 1.82) is 0 Å². The average Bonchev–Trinajstić information content (AvgIpc) is 3.87. The summed E-state index contributed by atoms with van der Waals surface area (Å²) >= 11 is 0. The van der Waals surface area contributed by atoms with Gasteiger partial charge in [0.05, 0.1) is 35.4 Å². The summed E-state index contributed by atoms with van der Waals surface area (Å²) in [6, 6.07) is 0. The zero-order valence-electron chi connectivity index (χ0n) is 21.8. The Labute approximate surface area is 225 Å². The third-order valence-corrected chi connectivity index (χ3v) is 8.71. The fourth-order valence-electron chi connectivity index (χ4n) is 4.60. The van der Waals surface area contributed by atoms with Gasteiger partial charge in [-0.15, -0.1) is 0 Å². The molecule has 2 aliphatic carbocycles. The van der Waals surface area contributed by atoms with Crippen LogP contribution in [0.2, 0.25) is 0 Å². The molecule has 0 radical (unpaired) electrons. The van der Waals surface area contributed by atoms with E-state index in [1.165, 1.54) is 12.4 Å². The summed E-state index contributed by atoms with van der Waals surface area (Å²) in [6.45, 7) is 4.12. The zero-order valence-corrected chi connectivity index (χ0v) is 22.6. The van der Waals surface area contributed by atoms with Crippen LogP contribution in [0.5, 0.6) is 0 Å². The van der Waals surface area contributed by atoms with Crippen molar-refractivity contribution in [2.75, 3.05) is 11.1 Å². The third-order valence-electron chi connectivity index (χ3n) is 7.03. The van der Waals surface area contributed by atoms with Crippen molar-refractivity contribution >= 4 is 26.8 Å². The number of aromatic nitrogens is 8. The van der Waals surface area contributed by atoms with E-state index in [0.717, 1.165) is 49.1 Å². The first-order valence-corrected chi connectivity index (χ1v) is 14.9. The van der Waals surface area contributed by atoms with Crippen LogP contribution in [0, 0.1) is 0 Å². The molecule has 13 heteroatoms. The van der Waals surface area contributed by atoms with Crippen LogP contribution in [-0.2, 0) is 22.9 Å². The number of nitrogens with zero attached hydrogens (tertiary/aromatic N) is 8. The largest absolute Gasteiger partial charge is 0.358 e. The summed E-state index contributed by atoms with van der Waals surface area (Å²) in [7, 11) is -3.39. The van der Waals surface area contributed by atoms with Gasteiger partial charge in [-0.1, -0.05) is 13.8 Å². The standard InChI is InChI=1S/C26H29N9O3S/c1-3-9-35-25-18(33-24(26(35)36)30-13-19-27-10-17(11-28-19)39(37,38)4-2)12-29-23(34-25)20-21(15-5-6-15)31-14-32-22(20)16-7-8-16/h10-12,14-16H,3-9,13H2,1-2H3,(H,30,33). The maximum atomic E-state index is 13.5. The van der Waals surface area contributed by atoms with Crippen molar-refractivity contribution in [3.8, 4) is 11.4 Å². The molecule has 4 aromatic rings. The first-order chi connectivity index (χ1) is 18.9. The van der Waals surface area contributed by atoms with Crippen molar-refractivity contribution in [3.63, 3.8) is 0 Å². The minimum atomic E-state index is -3.39. The average molecular weight is 548 g/mol. The highest BCUT2D eigenvalue weighted by Crippen LogP contribution is 2.48. The Morgan fingerprint density at radius 1 is 0.923 bits per heavy atom. The quantitative estimate of drug-likeness (QED) is 0.311. The van der Waals surface area contributed by atoms with Crippen LogP contribution in [0.1, 0.15) is 75.0 Å². The number of aryl methyl sites for hydroxylation is 1. The Hall–Kier alpha value is -3.87. The fraction of sp³-hybridized carbons (Fsp3) is 0.462. The minimum Gasteiger partial charge on any atom is -0.358 e. The molecule has 2 saturated carbocycles. The van der Waals surface area contributed by atoms with E-state index in [0.29, 0.717) is 41.2 Å². The van der Waals surface area contributed by atoms with Gasteiger partial charge in [-0.2, -0.15) is 0 Å². The van der Waals surface area contributed by atoms with Gasteiger partial charge in [0, 0.05) is 30.8 Å². The number of anilines is 1. The van der Waals surface area contributed by atoms with Crippen molar-refractivity contribution < 1.29 is 8.42 Å². The topological polar surface area (TPSA) is 158 Å². The summed E-state index contributed by atoms with van der Waals surface area (Å²) in [5.41, 5.74) is 3.55. The van der Waals surface area contributed by atoms with Crippen LogP contribution in [-0.4, -0.2) is 53.6 Å². The lowest BCUT2D eigenvalue weighted by atomic mass is 10.0. The summed E-state index contributed by atoms with van der Waals surface area (Å²) in [6.07, 6.45) is 11.0. The van der Waals surface area contributed by atoms with Crippen LogP contribution in [0.25, 0.3) is 22.6 Å². The van der Waals surface area contributed by atoms with E-state index in [1.807, 2.05) is 6.92 Å². The lowest BCUT2D eigenvalue weighted by Crippen LogP contribution is -2.26. The summed E-state index contributed by atoms with van der Waals surface area (Å²) in [4.78, 5) is 45.1. The number of fused-ring (bicyclic) bond motifs is 1. The Bertz CT molecular complexity index is 1680. The molecule has 0 unspecified atom stereocenters. The molecule has 1 N–H and O–H groups in total. The fourth-order valence-corrected chi connectivity index (χ4v) is 5.36. The zero-order chi connectivity index (χ0) is 27.1. The molecule has 4 aromatic heterocycles. The summed E-state index contributed by atoms with van der Waals surface area (Å²) < 4.78 is 25.6. The number of sulfone groups is 1. The number of rotatable bonds is 10. The van der Waals surface area contributed by atoms with Crippen molar-refractivity contribution in [3.05, 3.63) is 52.5 Å². The van der Waals surface area contributed by atoms with Gasteiger partial charge in [0.1, 0.15) is 22.6 Å². The molecular weight excluding hydrogens is 518 g/mol. The van der Waals surface area contributed by atoms with Crippen LogP contribution >= 0.6 is 0 Å².